The molecule has 124 valence electrons. The number of H-pyrrole nitrogens is 1. The van der Waals surface area contributed by atoms with Crippen LogP contribution >= 0.6 is 12.2 Å². The molecule has 23 heavy (non-hydrogen) atoms. The second-order valence-electron chi connectivity index (χ2n) is 5.25. The number of benzene rings is 1. The topological polar surface area (TPSA) is 43.9 Å². The van der Waals surface area contributed by atoms with Crippen molar-refractivity contribution in [2.24, 2.45) is 0 Å². The van der Waals surface area contributed by atoms with E-state index in [2.05, 4.69) is 16.7 Å². The molecule has 8 heteroatoms. The lowest BCUT2D eigenvalue weighted by atomic mass is 10.0. The van der Waals surface area contributed by atoms with Crippen LogP contribution in [-0.2, 0) is 12.8 Å². The van der Waals surface area contributed by atoms with Crippen LogP contribution in [0.1, 0.15) is 17.3 Å². The van der Waals surface area contributed by atoms with Gasteiger partial charge in [-0.15, -0.1) is 0 Å². The van der Waals surface area contributed by atoms with Crippen molar-refractivity contribution >= 4 is 18.9 Å². The number of aromatic nitrogens is 2. The molecule has 1 aromatic heterocycles. The molecular formula is C15H16ClF2N3OS. The quantitative estimate of drug-likeness (QED) is 0.506. The SMILES string of the molecule is C=[NH+]CCc1c[nH]c(=S)n1[C@@H]1COc2c(F)cc(F)cc2C1.[Cl-]. The Morgan fingerprint density at radius 3 is 2.96 bits per heavy atom. The van der Waals surface area contributed by atoms with Gasteiger partial charge in [0, 0.05) is 36.4 Å². The Balaban J connectivity index is 0.00000192. The number of nitrogens with zero attached hydrogens (tertiary/aromatic N) is 1. The second kappa shape index (κ2) is 7.23. The fourth-order valence-corrected chi connectivity index (χ4v) is 3.13. The number of halogens is 3. The van der Waals surface area contributed by atoms with Crippen molar-refractivity contribution in [3.8, 4) is 5.75 Å². The van der Waals surface area contributed by atoms with Crippen LogP contribution in [0.4, 0.5) is 8.78 Å². The predicted molar refractivity (Wildman–Crippen MR) is 80.9 cm³/mol. The van der Waals surface area contributed by atoms with E-state index in [-0.39, 0.29) is 24.2 Å². The molecule has 0 amide bonds. The molecule has 0 fully saturated rings. The van der Waals surface area contributed by atoms with Crippen LogP contribution < -0.4 is 22.1 Å². The molecular weight excluding hydrogens is 344 g/mol. The third kappa shape index (κ3) is 3.45. The first-order valence-corrected chi connectivity index (χ1v) is 7.40. The maximum Gasteiger partial charge on any atom is 0.177 e. The summed E-state index contributed by atoms with van der Waals surface area (Å²) in [6.07, 6.45) is 3.07. The normalized spacial score (nSPS) is 16.2. The van der Waals surface area contributed by atoms with E-state index in [9.17, 15) is 8.78 Å². The van der Waals surface area contributed by atoms with E-state index in [0.29, 0.717) is 29.9 Å². The first-order valence-electron chi connectivity index (χ1n) is 6.99. The molecule has 1 aromatic carbocycles. The Morgan fingerprint density at radius 1 is 1.43 bits per heavy atom. The molecule has 2 heterocycles. The maximum absolute atomic E-state index is 13.7. The Labute approximate surface area is 143 Å². The molecule has 0 bridgehead atoms. The summed E-state index contributed by atoms with van der Waals surface area (Å²) in [7, 11) is 0. The summed E-state index contributed by atoms with van der Waals surface area (Å²) < 4.78 is 35.2. The van der Waals surface area contributed by atoms with Gasteiger partial charge in [-0.3, -0.25) is 4.99 Å². The van der Waals surface area contributed by atoms with Crippen LogP contribution in [0.3, 0.4) is 0 Å². The van der Waals surface area contributed by atoms with E-state index in [1.807, 2.05) is 10.8 Å². The van der Waals surface area contributed by atoms with E-state index < -0.39 is 11.6 Å². The minimum absolute atomic E-state index is 0. The fourth-order valence-electron chi connectivity index (χ4n) is 2.81. The molecule has 1 aliphatic heterocycles. The summed E-state index contributed by atoms with van der Waals surface area (Å²) >= 11 is 5.32. The average molecular weight is 360 g/mol. The van der Waals surface area contributed by atoms with Crippen LogP contribution in [-0.4, -0.2) is 29.4 Å². The zero-order valence-electron chi connectivity index (χ0n) is 12.2. The van der Waals surface area contributed by atoms with Gasteiger partial charge in [-0.1, -0.05) is 0 Å². The van der Waals surface area contributed by atoms with Gasteiger partial charge in [-0.25, -0.2) is 8.78 Å². The number of hydrogen-bond donors (Lipinski definition) is 2. The van der Waals surface area contributed by atoms with Crippen molar-refractivity contribution in [3.63, 3.8) is 0 Å². The highest BCUT2D eigenvalue weighted by Gasteiger charge is 2.26. The standard InChI is InChI=1S/C15H15F2N3OS.ClH/c1-18-3-2-11-7-19-15(22)20(11)12-5-9-4-10(16)6-13(17)14(9)21-8-12;/h4,6-7,12H,1-3,5,8H2,(H,19,22);1H/t12-;/m0./s1. The minimum atomic E-state index is -0.660. The van der Waals surface area contributed by atoms with Gasteiger partial charge < -0.3 is 26.7 Å². The maximum atomic E-state index is 13.7. The van der Waals surface area contributed by atoms with Crippen LogP contribution in [0.15, 0.2) is 18.3 Å². The first kappa shape index (κ1) is 17.6. The summed E-state index contributed by atoms with van der Waals surface area (Å²) in [6, 6.07) is 2.07. The van der Waals surface area contributed by atoms with E-state index in [1.54, 1.807) is 0 Å². The highest BCUT2D eigenvalue weighted by Crippen LogP contribution is 2.33. The molecule has 4 nitrogen and oxygen atoms in total. The Bertz CT molecular complexity index is 775. The molecule has 0 saturated carbocycles. The summed E-state index contributed by atoms with van der Waals surface area (Å²) in [5.41, 5.74) is 1.54. The predicted octanol–water partition coefficient (Wildman–Crippen LogP) is -1.67. The van der Waals surface area contributed by atoms with Crippen LogP contribution in [0.5, 0.6) is 5.75 Å². The third-order valence-corrected chi connectivity index (χ3v) is 4.09. The summed E-state index contributed by atoms with van der Waals surface area (Å²) in [5, 5.41) is 0. The Morgan fingerprint density at radius 2 is 2.22 bits per heavy atom. The van der Waals surface area contributed by atoms with Crippen LogP contribution in [0.2, 0.25) is 0 Å². The third-order valence-electron chi connectivity index (χ3n) is 3.77. The van der Waals surface area contributed by atoms with Crippen molar-refractivity contribution < 1.29 is 30.9 Å². The van der Waals surface area contributed by atoms with Gasteiger partial charge >= 0.3 is 0 Å². The van der Waals surface area contributed by atoms with Gasteiger partial charge in [-0.05, 0) is 18.3 Å². The van der Waals surface area contributed by atoms with E-state index >= 15 is 0 Å². The monoisotopic (exact) mass is 359 g/mol. The van der Waals surface area contributed by atoms with E-state index in [1.165, 1.54) is 6.07 Å². The lowest BCUT2D eigenvalue weighted by Gasteiger charge is -2.27. The highest BCUT2D eigenvalue weighted by molar-refractivity contribution is 7.71. The molecule has 0 spiro atoms. The van der Waals surface area contributed by atoms with Crippen molar-refractivity contribution in [1.82, 2.24) is 9.55 Å². The fraction of sp³-hybridized carbons (Fsp3) is 0.333. The minimum Gasteiger partial charge on any atom is -1.00 e. The molecule has 0 unspecified atom stereocenters. The summed E-state index contributed by atoms with van der Waals surface area (Å²) in [6.45, 7) is 4.60. The first-order chi connectivity index (χ1) is 10.6. The van der Waals surface area contributed by atoms with Gasteiger partial charge in [-0.2, -0.15) is 0 Å². The lowest BCUT2D eigenvalue weighted by molar-refractivity contribution is -0.446. The zero-order chi connectivity index (χ0) is 15.7. The number of nitrogens with one attached hydrogen (secondary N) is 2. The van der Waals surface area contributed by atoms with Gasteiger partial charge in [0.25, 0.3) is 0 Å². The zero-order valence-corrected chi connectivity index (χ0v) is 13.8. The van der Waals surface area contributed by atoms with Crippen molar-refractivity contribution in [1.29, 1.82) is 0 Å². The van der Waals surface area contributed by atoms with Gasteiger partial charge in [0.2, 0.25) is 0 Å². The second-order valence-corrected chi connectivity index (χ2v) is 5.64. The molecule has 0 saturated heterocycles. The van der Waals surface area contributed by atoms with Crippen LogP contribution in [0, 0.1) is 16.4 Å². The van der Waals surface area contributed by atoms with Gasteiger partial charge in [0.05, 0.1) is 6.04 Å². The molecule has 1 atom stereocenters. The molecule has 3 rings (SSSR count). The smallest absolute Gasteiger partial charge is 0.177 e. The number of imidazole rings is 1. The number of rotatable bonds is 4. The van der Waals surface area contributed by atoms with Crippen molar-refractivity contribution in [2.75, 3.05) is 13.2 Å². The Hall–Kier alpha value is -1.73. The molecule has 0 aliphatic carbocycles. The van der Waals surface area contributed by atoms with Crippen molar-refractivity contribution in [2.45, 2.75) is 18.9 Å². The number of hydrogen-bond acceptors (Lipinski definition) is 2. The largest absolute Gasteiger partial charge is 1.00 e. The Kier molecular flexibility index (Phi) is 5.54. The number of ether oxygens (including phenoxy) is 1. The van der Waals surface area contributed by atoms with Gasteiger partial charge in [0.1, 0.15) is 25.7 Å². The van der Waals surface area contributed by atoms with E-state index in [4.69, 9.17) is 17.0 Å². The summed E-state index contributed by atoms with van der Waals surface area (Å²) in [4.78, 5) is 5.86. The highest BCUT2D eigenvalue weighted by atomic mass is 35.5. The number of aromatic amines is 1. The molecule has 1 aliphatic rings. The molecule has 2 aromatic rings. The number of fused-ring (bicyclic) bond motifs is 1. The van der Waals surface area contributed by atoms with E-state index in [0.717, 1.165) is 18.2 Å². The molecule has 2 N–H and O–H groups in total. The van der Waals surface area contributed by atoms with Crippen molar-refractivity contribution in [3.05, 3.63) is 46.0 Å². The molecule has 0 radical (unpaired) electrons. The average Bonchev–Trinajstić information content (AvgIpc) is 2.85. The lowest BCUT2D eigenvalue weighted by Crippen LogP contribution is -3.00. The van der Waals surface area contributed by atoms with Gasteiger partial charge in [0.15, 0.2) is 16.3 Å². The van der Waals surface area contributed by atoms with Crippen LogP contribution in [0.25, 0.3) is 0 Å². The summed E-state index contributed by atoms with van der Waals surface area (Å²) in [5.74, 6) is -1.12.